The minimum Gasteiger partial charge on any atom is -0.258 e. The fourth-order valence-electron chi connectivity index (χ4n) is 1.04. The highest BCUT2D eigenvalue weighted by Crippen LogP contribution is 2.38. The molecule has 7 heteroatoms. The maximum atomic E-state index is 12.4. The van der Waals surface area contributed by atoms with Crippen molar-refractivity contribution in [1.29, 1.82) is 0 Å². The van der Waals surface area contributed by atoms with Crippen LogP contribution < -0.4 is 0 Å². The number of nitro benzene ring substituents is 1. The number of hydrogen-bond donors (Lipinski definition) is 0. The van der Waals surface area contributed by atoms with Gasteiger partial charge in [0.2, 0.25) is 0 Å². The SMILES string of the molecule is Cc1cc([N+](=O)[O-])c(C(F)(F)F)cc1Br. The lowest BCUT2D eigenvalue weighted by Gasteiger charge is -2.09. The number of benzene rings is 1. The van der Waals surface area contributed by atoms with Gasteiger partial charge < -0.3 is 0 Å². The van der Waals surface area contributed by atoms with Crippen LogP contribution in [0.1, 0.15) is 11.1 Å². The van der Waals surface area contributed by atoms with Crippen LogP contribution in [0.25, 0.3) is 0 Å². The quantitative estimate of drug-likeness (QED) is 0.583. The van der Waals surface area contributed by atoms with E-state index in [0.717, 1.165) is 6.07 Å². The number of hydrogen-bond acceptors (Lipinski definition) is 2. The van der Waals surface area contributed by atoms with E-state index in [1.807, 2.05) is 0 Å². The molecular formula is C8H5BrF3NO2. The van der Waals surface area contributed by atoms with Crippen LogP contribution in [-0.4, -0.2) is 4.92 Å². The number of alkyl halides is 3. The van der Waals surface area contributed by atoms with Gasteiger partial charge in [-0.1, -0.05) is 15.9 Å². The number of aryl methyl sites for hydroxylation is 1. The summed E-state index contributed by atoms with van der Waals surface area (Å²) in [5.41, 5.74) is -1.79. The summed E-state index contributed by atoms with van der Waals surface area (Å²) >= 11 is 2.90. The normalized spacial score (nSPS) is 11.5. The first-order valence-corrected chi connectivity index (χ1v) is 4.54. The molecule has 3 nitrogen and oxygen atoms in total. The first-order valence-electron chi connectivity index (χ1n) is 3.75. The molecule has 0 fully saturated rings. The van der Waals surface area contributed by atoms with Crippen molar-refractivity contribution < 1.29 is 18.1 Å². The monoisotopic (exact) mass is 283 g/mol. The predicted molar refractivity (Wildman–Crippen MR) is 50.5 cm³/mol. The lowest BCUT2D eigenvalue weighted by atomic mass is 10.1. The summed E-state index contributed by atoms with van der Waals surface area (Å²) in [5, 5.41) is 10.4. The van der Waals surface area contributed by atoms with Gasteiger partial charge in [-0.15, -0.1) is 0 Å². The van der Waals surface area contributed by atoms with Crippen LogP contribution in [0.2, 0.25) is 0 Å². The van der Waals surface area contributed by atoms with Crippen molar-refractivity contribution in [2.24, 2.45) is 0 Å². The Hall–Kier alpha value is -1.11. The van der Waals surface area contributed by atoms with Gasteiger partial charge in [0.25, 0.3) is 5.69 Å². The molecule has 0 radical (unpaired) electrons. The van der Waals surface area contributed by atoms with Crippen molar-refractivity contribution >= 4 is 21.6 Å². The summed E-state index contributed by atoms with van der Waals surface area (Å²) in [7, 11) is 0. The Morgan fingerprint density at radius 2 is 1.93 bits per heavy atom. The molecule has 0 N–H and O–H groups in total. The lowest BCUT2D eigenvalue weighted by molar-refractivity contribution is -0.388. The minimum atomic E-state index is -4.72. The van der Waals surface area contributed by atoms with Crippen LogP contribution in [0, 0.1) is 17.0 Å². The second-order valence-electron chi connectivity index (χ2n) is 2.87. The van der Waals surface area contributed by atoms with Crippen LogP contribution in [0.5, 0.6) is 0 Å². The highest BCUT2D eigenvalue weighted by molar-refractivity contribution is 9.10. The first-order chi connectivity index (χ1) is 6.73. The summed E-state index contributed by atoms with van der Waals surface area (Å²) in [5.74, 6) is 0. The fraction of sp³-hybridized carbons (Fsp3) is 0.250. The molecule has 0 aromatic heterocycles. The first kappa shape index (κ1) is 12.0. The highest BCUT2D eigenvalue weighted by atomic mass is 79.9. The van der Waals surface area contributed by atoms with Gasteiger partial charge >= 0.3 is 6.18 Å². The Morgan fingerprint density at radius 1 is 1.40 bits per heavy atom. The molecule has 0 spiro atoms. The van der Waals surface area contributed by atoms with E-state index in [9.17, 15) is 23.3 Å². The third kappa shape index (κ3) is 2.47. The van der Waals surface area contributed by atoms with Crippen LogP contribution in [-0.2, 0) is 6.18 Å². The van der Waals surface area contributed by atoms with Gasteiger partial charge in [-0.25, -0.2) is 0 Å². The van der Waals surface area contributed by atoms with Crippen molar-refractivity contribution in [3.8, 4) is 0 Å². The summed E-state index contributed by atoms with van der Waals surface area (Å²) in [6, 6.07) is 1.61. The second-order valence-corrected chi connectivity index (χ2v) is 3.73. The molecule has 0 amide bonds. The van der Waals surface area contributed by atoms with E-state index in [2.05, 4.69) is 15.9 Å². The largest absolute Gasteiger partial charge is 0.423 e. The molecule has 1 rings (SSSR count). The van der Waals surface area contributed by atoms with Gasteiger partial charge in [0.15, 0.2) is 0 Å². The van der Waals surface area contributed by atoms with Crippen molar-refractivity contribution in [2.75, 3.05) is 0 Å². The van der Waals surface area contributed by atoms with Gasteiger partial charge in [-0.05, 0) is 18.6 Å². The van der Waals surface area contributed by atoms with Crippen molar-refractivity contribution in [2.45, 2.75) is 13.1 Å². The standard InChI is InChI=1S/C8H5BrF3NO2/c1-4-2-7(13(14)15)5(3-6(4)9)8(10,11)12/h2-3H,1H3. The zero-order valence-corrected chi connectivity index (χ0v) is 9.02. The number of nitro groups is 1. The molecule has 0 saturated heterocycles. The molecule has 82 valence electrons. The zero-order valence-electron chi connectivity index (χ0n) is 7.43. The third-order valence-electron chi connectivity index (χ3n) is 1.78. The van der Waals surface area contributed by atoms with Crippen LogP contribution in [0.3, 0.4) is 0 Å². The Morgan fingerprint density at radius 3 is 2.33 bits per heavy atom. The smallest absolute Gasteiger partial charge is 0.258 e. The number of halogens is 4. The van der Waals surface area contributed by atoms with Gasteiger partial charge in [0.1, 0.15) is 5.56 Å². The molecule has 0 aliphatic heterocycles. The van der Waals surface area contributed by atoms with Crippen molar-refractivity contribution in [3.05, 3.63) is 37.8 Å². The topological polar surface area (TPSA) is 43.1 Å². The molecule has 1 aromatic carbocycles. The summed E-state index contributed by atoms with van der Waals surface area (Å²) in [4.78, 5) is 9.38. The highest BCUT2D eigenvalue weighted by Gasteiger charge is 2.38. The van der Waals surface area contributed by atoms with Crippen molar-refractivity contribution in [3.63, 3.8) is 0 Å². The zero-order chi connectivity index (χ0) is 11.8. The van der Waals surface area contributed by atoms with Gasteiger partial charge in [0.05, 0.1) is 4.92 Å². The van der Waals surface area contributed by atoms with E-state index >= 15 is 0 Å². The second kappa shape index (κ2) is 3.80. The lowest BCUT2D eigenvalue weighted by Crippen LogP contribution is -2.09. The molecular weight excluding hydrogens is 279 g/mol. The molecule has 0 aliphatic rings. The van der Waals surface area contributed by atoms with E-state index in [1.54, 1.807) is 0 Å². The Labute approximate surface area is 91.2 Å². The number of rotatable bonds is 1. The van der Waals surface area contributed by atoms with Crippen LogP contribution >= 0.6 is 15.9 Å². The van der Waals surface area contributed by atoms with Crippen molar-refractivity contribution in [1.82, 2.24) is 0 Å². The fourth-order valence-corrected chi connectivity index (χ4v) is 1.39. The minimum absolute atomic E-state index is 0.195. The Bertz CT molecular complexity index is 417. The van der Waals surface area contributed by atoms with E-state index in [0.29, 0.717) is 11.6 Å². The van der Waals surface area contributed by atoms with Gasteiger partial charge in [-0.2, -0.15) is 13.2 Å². The van der Waals surface area contributed by atoms with E-state index < -0.39 is 22.4 Å². The maximum Gasteiger partial charge on any atom is 0.423 e. The third-order valence-corrected chi connectivity index (χ3v) is 2.63. The van der Waals surface area contributed by atoms with E-state index in [-0.39, 0.29) is 4.47 Å². The van der Waals surface area contributed by atoms with Crippen LogP contribution in [0.15, 0.2) is 16.6 Å². The summed E-state index contributed by atoms with van der Waals surface area (Å²) < 4.78 is 37.4. The molecule has 1 aromatic rings. The summed E-state index contributed by atoms with van der Waals surface area (Å²) in [6.45, 7) is 1.48. The van der Waals surface area contributed by atoms with Gasteiger partial charge in [0, 0.05) is 10.5 Å². The molecule has 0 aliphatic carbocycles. The van der Waals surface area contributed by atoms with E-state index in [1.165, 1.54) is 6.92 Å². The van der Waals surface area contributed by atoms with E-state index in [4.69, 9.17) is 0 Å². The average molecular weight is 284 g/mol. The van der Waals surface area contributed by atoms with Crippen LogP contribution in [0.4, 0.5) is 18.9 Å². The number of nitrogens with zero attached hydrogens (tertiary/aromatic N) is 1. The average Bonchev–Trinajstić information content (AvgIpc) is 2.06. The molecule has 15 heavy (non-hydrogen) atoms. The van der Waals surface area contributed by atoms with Gasteiger partial charge in [-0.3, -0.25) is 10.1 Å². The molecule has 0 bridgehead atoms. The molecule has 0 heterocycles. The molecule has 0 unspecified atom stereocenters. The Balaban J connectivity index is 3.49. The molecule has 0 saturated carbocycles. The molecule has 0 atom stereocenters. The Kier molecular flexibility index (Phi) is 3.03. The maximum absolute atomic E-state index is 12.4. The summed E-state index contributed by atoms with van der Waals surface area (Å²) in [6.07, 6.45) is -4.72. The predicted octanol–water partition coefficient (Wildman–Crippen LogP) is 3.68.